The van der Waals surface area contributed by atoms with E-state index in [0.29, 0.717) is 39.3 Å². The first-order valence-corrected chi connectivity index (χ1v) is 11.1. The molecule has 3 N–H and O–H groups in total. The summed E-state index contributed by atoms with van der Waals surface area (Å²) in [5, 5.41) is 8.72. The highest BCUT2D eigenvalue weighted by Crippen LogP contribution is 2.26. The summed E-state index contributed by atoms with van der Waals surface area (Å²) < 4.78 is 6.15. The van der Waals surface area contributed by atoms with Gasteiger partial charge in [-0.1, -0.05) is 18.2 Å². The van der Waals surface area contributed by atoms with Crippen LogP contribution in [0.4, 0.5) is 11.4 Å². The summed E-state index contributed by atoms with van der Waals surface area (Å²) >= 11 is 8.67. The number of hydrogen-bond donors (Lipinski definition) is 3. The predicted molar refractivity (Wildman–Crippen MR) is 135 cm³/mol. The summed E-state index contributed by atoms with van der Waals surface area (Å²) in [6.45, 7) is 4.31. The zero-order chi connectivity index (χ0) is 23.1. The average molecular weight is 512 g/mol. The zero-order valence-electron chi connectivity index (χ0n) is 17.6. The molecule has 2 amide bonds. The second-order valence-electron chi connectivity index (χ2n) is 6.84. The smallest absolute Gasteiger partial charge is 0.257 e. The molecule has 0 aliphatic rings. The van der Waals surface area contributed by atoms with Crippen LogP contribution in [-0.2, 0) is 0 Å². The topological polar surface area (TPSA) is 79.5 Å². The molecule has 0 radical (unpaired) electrons. The quantitative estimate of drug-likeness (QED) is 0.379. The molecule has 3 aromatic rings. The molecule has 0 saturated heterocycles. The maximum atomic E-state index is 12.5. The first kappa shape index (κ1) is 23.4. The fraction of sp³-hybridized carbons (Fsp3) is 0.125. The van der Waals surface area contributed by atoms with Gasteiger partial charge in [0.2, 0.25) is 0 Å². The lowest BCUT2D eigenvalue weighted by Gasteiger charge is -2.13. The second-order valence-corrected chi connectivity index (χ2v) is 8.10. The van der Waals surface area contributed by atoms with Crippen LogP contribution in [0.1, 0.15) is 33.2 Å². The van der Waals surface area contributed by atoms with Gasteiger partial charge in [0.15, 0.2) is 5.11 Å². The molecular formula is C24H22BrN3O3S. The first-order chi connectivity index (χ1) is 15.4. The molecule has 0 bridgehead atoms. The number of rotatable bonds is 6. The summed E-state index contributed by atoms with van der Waals surface area (Å²) in [5.74, 6) is 0.146. The van der Waals surface area contributed by atoms with Crippen molar-refractivity contribution in [1.82, 2.24) is 5.32 Å². The van der Waals surface area contributed by atoms with Crippen molar-refractivity contribution >= 4 is 56.4 Å². The molecule has 32 heavy (non-hydrogen) atoms. The number of carbonyl (C=O) groups excluding carboxylic acids is 2. The number of anilines is 2. The molecule has 0 unspecified atom stereocenters. The lowest BCUT2D eigenvalue weighted by atomic mass is 10.1. The molecule has 6 nitrogen and oxygen atoms in total. The highest BCUT2D eigenvalue weighted by Gasteiger charge is 2.12. The highest BCUT2D eigenvalue weighted by atomic mass is 79.9. The van der Waals surface area contributed by atoms with Crippen LogP contribution < -0.4 is 20.7 Å². The Labute approximate surface area is 200 Å². The number of nitrogens with one attached hydrogen (secondary N) is 3. The predicted octanol–water partition coefficient (Wildman–Crippen LogP) is 5.54. The summed E-state index contributed by atoms with van der Waals surface area (Å²) in [4.78, 5) is 24.9. The van der Waals surface area contributed by atoms with Crippen molar-refractivity contribution in [2.75, 3.05) is 17.2 Å². The molecule has 164 valence electrons. The average Bonchev–Trinajstić information content (AvgIpc) is 2.77. The SMILES string of the molecule is CCOc1ccc(C(=O)NC(=S)Nc2ccc(NC(=O)c3ccccc3)c(C)c2)cc1Br. The van der Waals surface area contributed by atoms with Gasteiger partial charge in [-0.25, -0.2) is 0 Å². The zero-order valence-corrected chi connectivity index (χ0v) is 20.0. The van der Waals surface area contributed by atoms with E-state index in [1.807, 2.05) is 38.1 Å². The maximum absolute atomic E-state index is 12.5. The lowest BCUT2D eigenvalue weighted by Crippen LogP contribution is -2.34. The first-order valence-electron chi connectivity index (χ1n) is 9.89. The Hall–Kier alpha value is -3.23. The summed E-state index contributed by atoms with van der Waals surface area (Å²) in [5.41, 5.74) is 3.26. The molecule has 3 aromatic carbocycles. The van der Waals surface area contributed by atoms with E-state index in [1.165, 1.54) is 0 Å². The Morgan fingerprint density at radius 2 is 1.69 bits per heavy atom. The van der Waals surface area contributed by atoms with E-state index in [2.05, 4.69) is 31.9 Å². The Morgan fingerprint density at radius 1 is 0.938 bits per heavy atom. The number of carbonyl (C=O) groups is 2. The van der Waals surface area contributed by atoms with E-state index in [4.69, 9.17) is 17.0 Å². The van der Waals surface area contributed by atoms with E-state index in [0.717, 1.165) is 5.56 Å². The van der Waals surface area contributed by atoms with Gasteiger partial charge in [0.1, 0.15) is 5.75 Å². The minimum Gasteiger partial charge on any atom is -0.493 e. The van der Waals surface area contributed by atoms with E-state index < -0.39 is 0 Å². The Kier molecular flexibility index (Phi) is 7.97. The molecular weight excluding hydrogens is 490 g/mol. The summed E-state index contributed by atoms with van der Waals surface area (Å²) in [6, 6.07) is 19.5. The molecule has 8 heteroatoms. The molecule has 0 atom stereocenters. The van der Waals surface area contributed by atoms with Gasteiger partial charge in [-0.3, -0.25) is 14.9 Å². The third-order valence-electron chi connectivity index (χ3n) is 4.49. The Balaban J connectivity index is 1.60. The molecule has 0 fully saturated rings. The number of amides is 2. The van der Waals surface area contributed by atoms with Crippen molar-refractivity contribution in [1.29, 1.82) is 0 Å². The fourth-order valence-electron chi connectivity index (χ4n) is 2.92. The molecule has 0 saturated carbocycles. The van der Waals surface area contributed by atoms with Crippen molar-refractivity contribution in [3.05, 3.63) is 87.9 Å². The molecule has 0 spiro atoms. The lowest BCUT2D eigenvalue weighted by molar-refractivity contribution is 0.0976. The van der Waals surface area contributed by atoms with Gasteiger partial charge in [-0.05, 0) is 96.1 Å². The number of ether oxygens (including phenoxy) is 1. The highest BCUT2D eigenvalue weighted by molar-refractivity contribution is 9.10. The molecule has 0 heterocycles. The van der Waals surface area contributed by atoms with E-state index >= 15 is 0 Å². The van der Waals surface area contributed by atoms with Gasteiger partial charge in [0.05, 0.1) is 11.1 Å². The van der Waals surface area contributed by atoms with Crippen LogP contribution in [0, 0.1) is 6.92 Å². The van der Waals surface area contributed by atoms with Gasteiger partial charge in [0, 0.05) is 22.5 Å². The van der Waals surface area contributed by atoms with Crippen LogP contribution in [0.3, 0.4) is 0 Å². The van der Waals surface area contributed by atoms with Crippen molar-refractivity contribution in [2.45, 2.75) is 13.8 Å². The Bertz CT molecular complexity index is 1150. The monoisotopic (exact) mass is 511 g/mol. The van der Waals surface area contributed by atoms with Gasteiger partial charge in [0.25, 0.3) is 11.8 Å². The van der Waals surface area contributed by atoms with Crippen LogP contribution in [0.15, 0.2) is 71.2 Å². The van der Waals surface area contributed by atoms with Crippen LogP contribution in [0.25, 0.3) is 0 Å². The third kappa shape index (κ3) is 6.15. The maximum Gasteiger partial charge on any atom is 0.257 e. The number of hydrogen-bond acceptors (Lipinski definition) is 4. The van der Waals surface area contributed by atoms with Crippen LogP contribution in [0.2, 0.25) is 0 Å². The summed E-state index contributed by atoms with van der Waals surface area (Å²) in [7, 11) is 0. The van der Waals surface area contributed by atoms with Crippen LogP contribution >= 0.6 is 28.1 Å². The van der Waals surface area contributed by atoms with Gasteiger partial charge in [-0.2, -0.15) is 0 Å². The van der Waals surface area contributed by atoms with Crippen LogP contribution in [-0.4, -0.2) is 23.5 Å². The third-order valence-corrected chi connectivity index (χ3v) is 5.31. The van der Waals surface area contributed by atoms with E-state index in [-0.39, 0.29) is 16.9 Å². The number of benzene rings is 3. The second kappa shape index (κ2) is 10.9. The number of thiocarbonyl (C=S) groups is 1. The van der Waals surface area contributed by atoms with Crippen LogP contribution in [0.5, 0.6) is 5.75 Å². The van der Waals surface area contributed by atoms with E-state index in [1.54, 1.807) is 42.5 Å². The fourth-order valence-corrected chi connectivity index (χ4v) is 3.62. The van der Waals surface area contributed by atoms with E-state index in [9.17, 15) is 9.59 Å². The summed E-state index contributed by atoms with van der Waals surface area (Å²) in [6.07, 6.45) is 0. The Morgan fingerprint density at radius 3 is 2.34 bits per heavy atom. The minimum atomic E-state index is -0.338. The standard InChI is InChI=1S/C24H22BrN3O3S/c1-3-31-21-12-9-17(14-19(21)25)23(30)28-24(32)26-18-10-11-20(15(2)13-18)27-22(29)16-7-5-4-6-8-16/h4-14H,3H2,1-2H3,(H,27,29)(H2,26,28,30,32). The van der Waals surface area contributed by atoms with Crippen molar-refractivity contribution in [2.24, 2.45) is 0 Å². The van der Waals surface area contributed by atoms with Gasteiger partial charge < -0.3 is 15.4 Å². The minimum absolute atomic E-state index is 0.167. The number of aryl methyl sites for hydroxylation is 1. The number of halogens is 1. The molecule has 0 aliphatic carbocycles. The normalized spacial score (nSPS) is 10.2. The van der Waals surface area contributed by atoms with Crippen molar-refractivity contribution in [3.63, 3.8) is 0 Å². The van der Waals surface area contributed by atoms with Gasteiger partial charge >= 0.3 is 0 Å². The molecule has 0 aromatic heterocycles. The van der Waals surface area contributed by atoms with Crippen molar-refractivity contribution < 1.29 is 14.3 Å². The van der Waals surface area contributed by atoms with Crippen molar-refractivity contribution in [3.8, 4) is 5.75 Å². The molecule has 3 rings (SSSR count). The van der Waals surface area contributed by atoms with Gasteiger partial charge in [-0.15, -0.1) is 0 Å². The molecule has 0 aliphatic heterocycles. The largest absolute Gasteiger partial charge is 0.493 e.